The van der Waals surface area contributed by atoms with Crippen molar-refractivity contribution in [2.75, 3.05) is 6.61 Å². The molecule has 0 aliphatic rings. The lowest BCUT2D eigenvalue weighted by atomic mass is 10.1. The highest BCUT2D eigenvalue weighted by Crippen LogP contribution is 2.36. The zero-order chi connectivity index (χ0) is 24.1. The Morgan fingerprint density at radius 2 is 1.91 bits per heavy atom. The summed E-state index contributed by atoms with van der Waals surface area (Å²) in [7, 11) is -1.67. The molecule has 0 amide bonds. The van der Waals surface area contributed by atoms with Gasteiger partial charge in [0.15, 0.2) is 8.32 Å². The fraction of sp³-hybridized carbons (Fsp3) is 0.462. The third kappa shape index (κ3) is 6.91. The Hall–Kier alpha value is -2.66. The Labute approximate surface area is 198 Å². The van der Waals surface area contributed by atoms with Gasteiger partial charge in [-0.1, -0.05) is 44.0 Å². The summed E-state index contributed by atoms with van der Waals surface area (Å²) in [6, 6.07) is 10.1. The minimum Gasteiger partial charge on any atom is -0.417 e. The van der Waals surface area contributed by atoms with E-state index >= 15 is 0 Å². The molecule has 0 saturated carbocycles. The van der Waals surface area contributed by atoms with Crippen molar-refractivity contribution in [2.24, 2.45) is 0 Å². The molecule has 0 saturated heterocycles. The summed E-state index contributed by atoms with van der Waals surface area (Å²) >= 11 is 0. The molecule has 1 atom stereocenters. The maximum absolute atomic E-state index is 9.77. The molecule has 0 aliphatic heterocycles. The Morgan fingerprint density at radius 1 is 1.18 bits per heavy atom. The number of rotatable bonds is 8. The highest BCUT2D eigenvalue weighted by atomic mass is 28.4. The van der Waals surface area contributed by atoms with E-state index in [1.165, 1.54) is 5.56 Å². The first kappa shape index (κ1) is 25.0. The van der Waals surface area contributed by atoms with Crippen LogP contribution < -0.4 is 0 Å². The average molecular weight is 466 g/mol. The topological polar surface area (TPSA) is 73.3 Å². The van der Waals surface area contributed by atoms with E-state index in [2.05, 4.69) is 68.0 Å². The lowest BCUT2D eigenvalue weighted by molar-refractivity contribution is 0.184. The van der Waals surface area contributed by atoms with E-state index in [9.17, 15) is 5.11 Å². The summed E-state index contributed by atoms with van der Waals surface area (Å²) < 4.78 is 13.5. The van der Waals surface area contributed by atoms with Crippen molar-refractivity contribution < 1.29 is 14.1 Å². The Bertz CT molecular complexity index is 1100. The minimum absolute atomic E-state index is 0.248. The Kier molecular flexibility index (Phi) is 7.95. The van der Waals surface area contributed by atoms with Crippen molar-refractivity contribution in [3.05, 3.63) is 71.1 Å². The van der Waals surface area contributed by atoms with Gasteiger partial charge < -0.3 is 18.6 Å². The molecule has 0 bridgehead atoms. The molecule has 0 aliphatic carbocycles. The third-order valence-electron chi connectivity index (χ3n) is 6.18. The predicted molar refractivity (Wildman–Crippen MR) is 132 cm³/mol. The number of aliphatic hydroxyl groups excluding tert-OH is 1. The van der Waals surface area contributed by atoms with Crippen molar-refractivity contribution in [1.29, 1.82) is 0 Å². The van der Waals surface area contributed by atoms with Crippen molar-refractivity contribution in [2.45, 2.75) is 71.3 Å². The minimum atomic E-state index is -1.67. The van der Waals surface area contributed by atoms with Gasteiger partial charge in [-0.05, 0) is 61.5 Å². The highest BCUT2D eigenvalue weighted by Gasteiger charge is 2.36. The second kappa shape index (κ2) is 10.5. The smallest absolute Gasteiger partial charge is 0.210 e. The number of imidazole rings is 1. The molecule has 3 rings (SSSR count). The summed E-state index contributed by atoms with van der Waals surface area (Å²) in [6.45, 7) is 14.4. The maximum atomic E-state index is 9.77. The van der Waals surface area contributed by atoms with Crippen LogP contribution in [-0.2, 0) is 17.4 Å². The molecule has 3 aromatic rings. The van der Waals surface area contributed by atoms with Crippen LogP contribution >= 0.6 is 0 Å². The van der Waals surface area contributed by atoms with Gasteiger partial charge in [0, 0.05) is 30.6 Å². The number of hydrogen-bond donors (Lipinski definition) is 1. The van der Waals surface area contributed by atoms with Crippen LogP contribution in [0.4, 0.5) is 0 Å². The molecule has 7 heteroatoms. The average Bonchev–Trinajstić information content (AvgIpc) is 3.39. The van der Waals surface area contributed by atoms with E-state index in [0.29, 0.717) is 18.1 Å². The Balaban J connectivity index is 1.51. The Morgan fingerprint density at radius 3 is 2.58 bits per heavy atom. The zero-order valence-corrected chi connectivity index (χ0v) is 21.6. The number of aromatic nitrogens is 3. The van der Waals surface area contributed by atoms with Crippen LogP contribution in [0.3, 0.4) is 0 Å². The van der Waals surface area contributed by atoms with Crippen molar-refractivity contribution in [3.8, 4) is 11.8 Å². The van der Waals surface area contributed by atoms with Crippen molar-refractivity contribution >= 4 is 8.32 Å². The first-order chi connectivity index (χ1) is 15.5. The molecule has 0 spiro atoms. The van der Waals surface area contributed by atoms with Crippen LogP contribution in [0.5, 0.6) is 0 Å². The molecular weight excluding hydrogens is 430 g/mol. The molecular formula is C26H35N3O3Si. The van der Waals surface area contributed by atoms with Crippen LogP contribution in [0.25, 0.3) is 0 Å². The third-order valence-corrected chi connectivity index (χ3v) is 10.7. The highest BCUT2D eigenvalue weighted by molar-refractivity contribution is 6.74. The molecule has 1 aromatic carbocycles. The molecule has 0 radical (unpaired) electrons. The van der Waals surface area contributed by atoms with Crippen molar-refractivity contribution in [1.82, 2.24) is 14.7 Å². The second-order valence-electron chi connectivity index (χ2n) is 9.93. The number of benzene rings is 1. The van der Waals surface area contributed by atoms with E-state index in [-0.39, 0.29) is 5.04 Å². The van der Waals surface area contributed by atoms with E-state index < -0.39 is 14.4 Å². The molecule has 2 aromatic heterocycles. The summed E-state index contributed by atoms with van der Waals surface area (Å²) in [6.07, 6.45) is 4.85. The molecule has 2 heterocycles. The molecule has 0 fully saturated rings. The van der Waals surface area contributed by atoms with E-state index in [0.717, 1.165) is 30.7 Å². The van der Waals surface area contributed by atoms with Crippen LogP contribution in [0, 0.1) is 11.8 Å². The van der Waals surface area contributed by atoms with Crippen LogP contribution in [0.15, 0.2) is 47.2 Å². The summed E-state index contributed by atoms with van der Waals surface area (Å²) in [5, 5.41) is 14.1. The normalized spacial score (nSPS) is 12.9. The van der Waals surface area contributed by atoms with E-state index in [4.69, 9.17) is 8.95 Å². The van der Waals surface area contributed by atoms with Gasteiger partial charge in [-0.3, -0.25) is 0 Å². The fourth-order valence-corrected chi connectivity index (χ4v) is 4.24. The predicted octanol–water partition coefficient (Wildman–Crippen LogP) is 5.33. The zero-order valence-electron chi connectivity index (χ0n) is 20.6. The lowest BCUT2D eigenvalue weighted by Gasteiger charge is -2.36. The van der Waals surface area contributed by atoms with Crippen LogP contribution in [0.1, 0.15) is 68.6 Å². The number of aliphatic hydroxyl groups is 1. The van der Waals surface area contributed by atoms with Gasteiger partial charge in [0.25, 0.3) is 0 Å². The standard InChI is InChI=1S/C26H35N3O3Si/c1-20(30)25-27-15-16-29(25)19-23-18-24(32-28-23)14-13-22-11-9-21(10-12-22)8-7-17-31-33(5,6)26(2,3)4/h9-12,15-16,18,20,30H,7-8,17,19H2,1-6H3. The number of hydrogen-bond acceptors (Lipinski definition) is 5. The summed E-state index contributed by atoms with van der Waals surface area (Å²) in [5.74, 6) is 7.27. The fourth-order valence-electron chi connectivity index (χ4n) is 3.15. The van der Waals surface area contributed by atoms with E-state index in [1.54, 1.807) is 13.1 Å². The van der Waals surface area contributed by atoms with Gasteiger partial charge in [0.05, 0.1) is 6.54 Å². The SMILES string of the molecule is CC(O)c1nccn1Cc1cc(C#Cc2ccc(CCCO[Si](C)(C)C(C)(C)C)cc2)on1. The van der Waals surface area contributed by atoms with Gasteiger partial charge >= 0.3 is 0 Å². The van der Waals surface area contributed by atoms with Crippen LogP contribution in [0.2, 0.25) is 18.1 Å². The maximum Gasteiger partial charge on any atom is 0.210 e. The van der Waals surface area contributed by atoms with Crippen molar-refractivity contribution in [3.63, 3.8) is 0 Å². The number of nitrogens with zero attached hydrogens (tertiary/aromatic N) is 3. The lowest BCUT2D eigenvalue weighted by Crippen LogP contribution is -2.41. The molecule has 33 heavy (non-hydrogen) atoms. The molecule has 176 valence electrons. The molecule has 6 nitrogen and oxygen atoms in total. The monoisotopic (exact) mass is 465 g/mol. The van der Waals surface area contributed by atoms with Gasteiger partial charge in [-0.25, -0.2) is 4.98 Å². The number of aryl methyl sites for hydroxylation is 1. The first-order valence-electron chi connectivity index (χ1n) is 11.4. The second-order valence-corrected chi connectivity index (χ2v) is 14.7. The van der Waals surface area contributed by atoms with Gasteiger partial charge in [0.1, 0.15) is 17.6 Å². The van der Waals surface area contributed by atoms with Gasteiger partial charge in [0.2, 0.25) is 5.76 Å². The first-order valence-corrected chi connectivity index (χ1v) is 14.4. The largest absolute Gasteiger partial charge is 0.417 e. The summed E-state index contributed by atoms with van der Waals surface area (Å²) in [5.41, 5.74) is 2.95. The van der Waals surface area contributed by atoms with E-state index in [1.807, 2.05) is 29.0 Å². The quantitative estimate of drug-likeness (QED) is 0.277. The van der Waals surface area contributed by atoms with Gasteiger partial charge in [-0.15, -0.1) is 0 Å². The van der Waals surface area contributed by atoms with Gasteiger partial charge in [-0.2, -0.15) is 0 Å². The molecule has 1 unspecified atom stereocenters. The van der Waals surface area contributed by atoms with Crippen LogP contribution in [-0.4, -0.2) is 34.7 Å². The summed E-state index contributed by atoms with van der Waals surface area (Å²) in [4.78, 5) is 4.17. The molecule has 1 N–H and O–H groups in total.